The van der Waals surface area contributed by atoms with Crippen LogP contribution in [0.3, 0.4) is 0 Å². The van der Waals surface area contributed by atoms with Crippen LogP contribution in [0.15, 0.2) is 78.9 Å². The molecule has 0 bridgehead atoms. The topological polar surface area (TPSA) is 0 Å². The highest BCUT2D eigenvalue weighted by Gasteiger charge is 2.19. The van der Waals surface area contributed by atoms with Crippen LogP contribution in [0.2, 0.25) is 0 Å². The van der Waals surface area contributed by atoms with Crippen molar-refractivity contribution in [2.45, 2.75) is 0 Å². The molecule has 3 aromatic carbocycles. The largest absolute Gasteiger partial charge is 0.135 e. The van der Waals surface area contributed by atoms with Gasteiger partial charge in [0.1, 0.15) is 7.85 Å². The molecular weight excluding hydrogens is 339 g/mol. The molecule has 0 saturated carbocycles. The third-order valence-electron chi connectivity index (χ3n) is 4.50. The van der Waals surface area contributed by atoms with Crippen LogP contribution in [0.1, 0.15) is 0 Å². The zero-order valence-corrected chi connectivity index (χ0v) is 15.0. The van der Waals surface area contributed by atoms with Gasteiger partial charge in [-0.05, 0) is 23.1 Å². The predicted octanol–water partition coefficient (Wildman–Crippen LogP) is 6.24. The van der Waals surface area contributed by atoms with Gasteiger partial charge in [-0.3, -0.25) is 0 Å². The van der Waals surface area contributed by atoms with Crippen molar-refractivity contribution in [3.8, 4) is 20.9 Å². The summed E-state index contributed by atoms with van der Waals surface area (Å²) in [7, 11) is 6.56. The van der Waals surface area contributed by atoms with E-state index < -0.39 is 0 Å². The van der Waals surface area contributed by atoms with Gasteiger partial charge in [-0.25, -0.2) is 0 Å². The van der Waals surface area contributed by atoms with E-state index in [0.29, 0.717) is 0 Å². The van der Waals surface area contributed by atoms with E-state index in [4.69, 9.17) is 7.85 Å². The molecule has 0 N–H and O–H groups in total. The van der Waals surface area contributed by atoms with Crippen LogP contribution in [0.25, 0.3) is 41.1 Å². The lowest BCUT2D eigenvalue weighted by Gasteiger charge is -2.05. The summed E-state index contributed by atoms with van der Waals surface area (Å²) in [5.74, 6) is 0. The molecule has 0 atom stereocenters. The molecule has 3 heteroatoms. The standard InChI is InChI=1S/C22H13BS2/c23-20-16-11-5-7-13-18(16)25-22(20)21-19(14-8-2-1-3-9-14)15-10-4-6-12-17(15)24-21/h1-13H. The van der Waals surface area contributed by atoms with Crippen LogP contribution in [-0.2, 0) is 0 Å². The smallest absolute Gasteiger partial charge is 0.116 e. The van der Waals surface area contributed by atoms with Crippen molar-refractivity contribution in [3.05, 3.63) is 78.9 Å². The van der Waals surface area contributed by atoms with Gasteiger partial charge >= 0.3 is 0 Å². The Labute approximate surface area is 155 Å². The minimum atomic E-state index is 0.893. The van der Waals surface area contributed by atoms with E-state index in [9.17, 15) is 0 Å². The molecule has 0 aliphatic carbocycles. The third kappa shape index (κ3) is 2.35. The summed E-state index contributed by atoms with van der Waals surface area (Å²) in [4.78, 5) is 2.45. The summed E-state index contributed by atoms with van der Waals surface area (Å²) >= 11 is 3.62. The van der Waals surface area contributed by atoms with E-state index in [-0.39, 0.29) is 0 Å². The first kappa shape index (κ1) is 14.9. The maximum Gasteiger partial charge on any atom is 0.116 e. The summed E-state index contributed by atoms with van der Waals surface area (Å²) in [6, 6.07) is 27.6. The lowest BCUT2D eigenvalue weighted by Crippen LogP contribution is -2.02. The second kappa shape index (κ2) is 5.87. The number of hydrogen-bond acceptors (Lipinski definition) is 2. The first-order chi connectivity index (χ1) is 12.3. The molecule has 25 heavy (non-hydrogen) atoms. The second-order valence-corrected chi connectivity index (χ2v) is 8.11. The van der Waals surface area contributed by atoms with Crippen LogP contribution in [0, 0.1) is 0 Å². The molecule has 0 unspecified atom stereocenters. The molecule has 2 heterocycles. The second-order valence-electron chi connectivity index (χ2n) is 6.01. The first-order valence-electron chi connectivity index (χ1n) is 8.17. The molecule has 0 aliphatic rings. The van der Waals surface area contributed by atoms with E-state index in [1.165, 1.54) is 35.7 Å². The average Bonchev–Trinajstić information content (AvgIpc) is 3.21. The molecule has 0 fully saturated rings. The molecule has 0 saturated heterocycles. The molecule has 5 rings (SSSR count). The fourth-order valence-corrected chi connectivity index (χ4v) is 5.83. The van der Waals surface area contributed by atoms with Gasteiger partial charge in [-0.15, -0.1) is 22.7 Å². The highest BCUT2D eigenvalue weighted by molar-refractivity contribution is 7.30. The maximum absolute atomic E-state index is 6.56. The Morgan fingerprint density at radius 3 is 1.84 bits per heavy atom. The van der Waals surface area contributed by atoms with E-state index >= 15 is 0 Å². The SMILES string of the molecule is [B]c1c(-c2sc3ccccc3c2-c2ccccc2)sc2ccccc12. The first-order valence-corrected chi connectivity index (χ1v) is 9.80. The Bertz CT molecular complexity index is 1200. The summed E-state index contributed by atoms with van der Waals surface area (Å²) in [6.45, 7) is 0. The van der Waals surface area contributed by atoms with Gasteiger partial charge in [-0.2, -0.15) is 0 Å². The highest BCUT2D eigenvalue weighted by atomic mass is 32.1. The average molecular weight is 352 g/mol. The van der Waals surface area contributed by atoms with Gasteiger partial charge in [0.15, 0.2) is 0 Å². The zero-order chi connectivity index (χ0) is 16.8. The number of benzene rings is 3. The summed E-state index contributed by atoms with van der Waals surface area (Å²) in [5, 5.41) is 2.45. The third-order valence-corrected chi connectivity index (χ3v) is 7.02. The minimum Gasteiger partial charge on any atom is -0.135 e. The molecule has 2 radical (unpaired) electrons. The normalized spacial score (nSPS) is 11.4. The van der Waals surface area contributed by atoms with Gasteiger partial charge in [-0.1, -0.05) is 72.2 Å². The van der Waals surface area contributed by atoms with E-state index in [1.54, 1.807) is 11.3 Å². The Hall–Kier alpha value is -2.36. The van der Waals surface area contributed by atoms with Crippen LogP contribution >= 0.6 is 22.7 Å². The molecule has 0 spiro atoms. The van der Waals surface area contributed by atoms with Crippen molar-refractivity contribution < 1.29 is 0 Å². The van der Waals surface area contributed by atoms with Crippen molar-refractivity contribution >= 4 is 56.2 Å². The van der Waals surface area contributed by atoms with E-state index in [2.05, 4.69) is 78.9 Å². The van der Waals surface area contributed by atoms with E-state index in [0.717, 1.165) is 10.8 Å². The zero-order valence-electron chi connectivity index (χ0n) is 13.4. The molecule has 116 valence electrons. The molecule has 5 aromatic rings. The van der Waals surface area contributed by atoms with Crippen molar-refractivity contribution in [1.29, 1.82) is 0 Å². The molecule has 0 amide bonds. The molecule has 0 nitrogen and oxygen atoms in total. The minimum absolute atomic E-state index is 0.893. The van der Waals surface area contributed by atoms with Crippen LogP contribution in [0.4, 0.5) is 0 Å². The van der Waals surface area contributed by atoms with Gasteiger partial charge < -0.3 is 0 Å². The maximum atomic E-state index is 6.56. The fourth-order valence-electron chi connectivity index (χ4n) is 3.33. The fraction of sp³-hybridized carbons (Fsp3) is 0. The number of hydrogen-bond donors (Lipinski definition) is 0. The Kier molecular flexibility index (Phi) is 3.51. The van der Waals surface area contributed by atoms with Crippen molar-refractivity contribution in [2.24, 2.45) is 0 Å². The molecule has 0 aliphatic heterocycles. The Morgan fingerprint density at radius 2 is 1.12 bits per heavy atom. The Balaban J connectivity index is 1.88. The van der Waals surface area contributed by atoms with Crippen LogP contribution in [0.5, 0.6) is 0 Å². The van der Waals surface area contributed by atoms with Gasteiger partial charge in [0, 0.05) is 25.2 Å². The summed E-state index contributed by atoms with van der Waals surface area (Å²) in [6.07, 6.45) is 0. The number of rotatable bonds is 2. The van der Waals surface area contributed by atoms with E-state index in [1.807, 2.05) is 11.3 Å². The van der Waals surface area contributed by atoms with Crippen molar-refractivity contribution in [3.63, 3.8) is 0 Å². The van der Waals surface area contributed by atoms with Gasteiger partial charge in [0.05, 0.1) is 4.88 Å². The molecule has 2 aromatic heterocycles. The lowest BCUT2D eigenvalue weighted by molar-refractivity contribution is 1.69. The number of fused-ring (bicyclic) bond motifs is 2. The lowest BCUT2D eigenvalue weighted by atomic mass is 9.90. The highest BCUT2D eigenvalue weighted by Crippen LogP contribution is 2.46. The van der Waals surface area contributed by atoms with Gasteiger partial charge in [0.25, 0.3) is 0 Å². The summed E-state index contributed by atoms with van der Waals surface area (Å²) in [5.41, 5.74) is 3.43. The Morgan fingerprint density at radius 1 is 0.560 bits per heavy atom. The quantitative estimate of drug-likeness (QED) is 0.330. The monoisotopic (exact) mass is 352 g/mol. The number of thiophene rings is 2. The van der Waals surface area contributed by atoms with Gasteiger partial charge in [0.2, 0.25) is 0 Å². The van der Waals surface area contributed by atoms with Crippen molar-refractivity contribution in [1.82, 2.24) is 0 Å². The van der Waals surface area contributed by atoms with Crippen LogP contribution in [-0.4, -0.2) is 7.85 Å². The van der Waals surface area contributed by atoms with Crippen LogP contribution < -0.4 is 5.46 Å². The predicted molar refractivity (Wildman–Crippen MR) is 113 cm³/mol. The molecular formula is C22H13BS2. The van der Waals surface area contributed by atoms with Crippen molar-refractivity contribution in [2.75, 3.05) is 0 Å². The summed E-state index contributed by atoms with van der Waals surface area (Å²) < 4.78 is 2.54.